The van der Waals surface area contributed by atoms with Gasteiger partial charge in [-0.25, -0.2) is 4.79 Å². The Labute approximate surface area is 236 Å². The number of esters is 1. The quantitative estimate of drug-likeness (QED) is 0.0879. The number of aliphatic hydroxyl groups is 2. The number of rotatable bonds is 17. The van der Waals surface area contributed by atoms with Gasteiger partial charge < -0.3 is 40.2 Å². The molecule has 40 heavy (non-hydrogen) atoms. The molecule has 2 amide bonds. The van der Waals surface area contributed by atoms with Crippen molar-refractivity contribution in [2.75, 3.05) is 18.4 Å². The summed E-state index contributed by atoms with van der Waals surface area (Å²) >= 11 is 1.42. The topological polar surface area (TPSA) is 193 Å². The van der Waals surface area contributed by atoms with Crippen molar-refractivity contribution < 1.29 is 48.7 Å². The Kier molecular flexibility index (Phi) is 14.5. The molecule has 1 aromatic carbocycles. The zero-order valence-electron chi connectivity index (χ0n) is 22.3. The van der Waals surface area contributed by atoms with E-state index in [9.17, 15) is 34.5 Å². The maximum Gasteiger partial charge on any atom is 0.333 e. The highest BCUT2D eigenvalue weighted by atomic mass is 32.2. The van der Waals surface area contributed by atoms with E-state index in [1.165, 1.54) is 31.0 Å². The van der Waals surface area contributed by atoms with Crippen molar-refractivity contribution in [2.24, 2.45) is 0 Å². The van der Waals surface area contributed by atoms with Crippen LogP contribution in [0, 0.1) is 0 Å². The van der Waals surface area contributed by atoms with Gasteiger partial charge in [0, 0.05) is 39.3 Å². The molecule has 1 aliphatic rings. The fraction of sp³-hybridized carbons (Fsp3) is 0.538. The number of amides is 2. The van der Waals surface area contributed by atoms with Gasteiger partial charge in [0.15, 0.2) is 6.10 Å². The molecule has 0 aromatic heterocycles. The van der Waals surface area contributed by atoms with Crippen LogP contribution in [0.2, 0.25) is 0 Å². The van der Waals surface area contributed by atoms with E-state index in [1.54, 1.807) is 11.5 Å². The van der Waals surface area contributed by atoms with Gasteiger partial charge in [-0.2, -0.15) is 0 Å². The summed E-state index contributed by atoms with van der Waals surface area (Å²) in [7, 11) is 0. The molecule has 0 aliphatic carbocycles. The number of carboxylic acids is 1. The molecule has 1 saturated heterocycles. The van der Waals surface area contributed by atoms with Crippen LogP contribution in [0.5, 0.6) is 5.75 Å². The van der Waals surface area contributed by atoms with E-state index in [4.69, 9.17) is 14.2 Å². The molecule has 2 rings (SSSR count). The molecule has 3 unspecified atom stereocenters. The fourth-order valence-electron chi connectivity index (χ4n) is 3.67. The van der Waals surface area contributed by atoms with E-state index in [2.05, 4.69) is 21.9 Å². The number of benzene rings is 1. The molecule has 14 heteroatoms. The first-order valence-electron chi connectivity index (χ1n) is 12.8. The minimum atomic E-state index is -1.54. The zero-order chi connectivity index (χ0) is 29.5. The Morgan fingerprint density at radius 3 is 2.60 bits per heavy atom. The Bertz CT molecular complexity index is 1020. The lowest BCUT2D eigenvalue weighted by molar-refractivity contribution is -0.238. The maximum atomic E-state index is 12.6. The summed E-state index contributed by atoms with van der Waals surface area (Å²) in [6.07, 6.45) is -3.37. The molecule has 6 N–H and O–H groups in total. The molecule has 0 saturated carbocycles. The summed E-state index contributed by atoms with van der Waals surface area (Å²) in [6, 6.07) is 4.45. The summed E-state index contributed by atoms with van der Waals surface area (Å²) < 4.78 is 19.1. The van der Waals surface area contributed by atoms with E-state index in [-0.39, 0.29) is 43.3 Å². The lowest BCUT2D eigenvalue weighted by Crippen LogP contribution is -2.52. The van der Waals surface area contributed by atoms with Crippen molar-refractivity contribution >= 4 is 41.4 Å². The van der Waals surface area contributed by atoms with Crippen molar-refractivity contribution in [3.8, 4) is 5.75 Å². The minimum Gasteiger partial charge on any atom is -0.479 e. The van der Waals surface area contributed by atoms with Crippen LogP contribution in [0.4, 0.5) is 5.69 Å². The summed E-state index contributed by atoms with van der Waals surface area (Å²) in [6.45, 7) is 5.68. The summed E-state index contributed by atoms with van der Waals surface area (Å²) in [5.41, 5.74) is 0.643. The van der Waals surface area contributed by atoms with Crippen LogP contribution in [0.3, 0.4) is 0 Å². The molecule has 1 aromatic rings. The van der Waals surface area contributed by atoms with E-state index >= 15 is 0 Å². The number of unbranched alkanes of at least 4 members (excludes halogenated alkanes) is 2. The van der Waals surface area contributed by atoms with Gasteiger partial charge in [0.1, 0.15) is 18.5 Å². The first kappa shape index (κ1) is 33.0. The molecular weight excluding hydrogens is 546 g/mol. The van der Waals surface area contributed by atoms with Crippen LogP contribution in [-0.2, 0) is 35.3 Å². The first-order chi connectivity index (χ1) is 19.1. The average Bonchev–Trinajstić information content (AvgIpc) is 2.90. The highest BCUT2D eigenvalue weighted by Crippen LogP contribution is 2.31. The van der Waals surface area contributed by atoms with E-state index < -0.39 is 42.4 Å². The van der Waals surface area contributed by atoms with Crippen LogP contribution < -0.4 is 20.1 Å². The number of ether oxygens (including phenoxy) is 3. The predicted molar refractivity (Wildman–Crippen MR) is 146 cm³/mol. The second kappa shape index (κ2) is 17.5. The number of hydrogen-bond acceptors (Lipinski definition) is 11. The number of carbonyl (C=O) groups is 4. The smallest absolute Gasteiger partial charge is 0.333 e. The van der Waals surface area contributed by atoms with Gasteiger partial charge in [-0.1, -0.05) is 31.0 Å². The molecule has 1 fully saturated rings. The third-order valence-electron chi connectivity index (χ3n) is 5.73. The summed E-state index contributed by atoms with van der Waals surface area (Å²) in [5.74, 6) is -2.44. The predicted octanol–water partition coefficient (Wildman–Crippen LogP) is 1.44. The van der Waals surface area contributed by atoms with Gasteiger partial charge in [0.2, 0.25) is 18.1 Å². The van der Waals surface area contributed by atoms with Crippen LogP contribution in [0.25, 0.3) is 0 Å². The average molecular weight is 584 g/mol. The molecule has 0 bridgehead atoms. The van der Waals surface area contributed by atoms with Gasteiger partial charge in [0.25, 0.3) is 0 Å². The lowest BCUT2D eigenvalue weighted by atomic mass is 10.0. The molecule has 0 radical (unpaired) electrons. The third kappa shape index (κ3) is 11.9. The highest BCUT2D eigenvalue weighted by molar-refractivity contribution is 8.00. The van der Waals surface area contributed by atoms with Gasteiger partial charge in [-0.15, -0.1) is 0 Å². The van der Waals surface area contributed by atoms with Gasteiger partial charge >= 0.3 is 11.9 Å². The van der Waals surface area contributed by atoms with Crippen molar-refractivity contribution in [3.05, 3.63) is 35.7 Å². The normalized spacial score (nSPS) is 20.3. The van der Waals surface area contributed by atoms with Crippen molar-refractivity contribution in [1.29, 1.82) is 0 Å². The number of aliphatic hydroxyl groups excluding tert-OH is 2. The third-order valence-corrected chi connectivity index (χ3v) is 6.27. The Morgan fingerprint density at radius 1 is 1.12 bits per heavy atom. The van der Waals surface area contributed by atoms with Gasteiger partial charge in [-0.3, -0.25) is 19.1 Å². The molecule has 1 aliphatic heterocycles. The van der Waals surface area contributed by atoms with Crippen molar-refractivity contribution in [2.45, 2.75) is 76.7 Å². The summed E-state index contributed by atoms with van der Waals surface area (Å²) in [5, 5.41) is 36.6. The van der Waals surface area contributed by atoms with Crippen LogP contribution in [0.15, 0.2) is 30.2 Å². The number of nitrogens with one attached hydrogen (secondary N) is 3. The minimum absolute atomic E-state index is 0.0206. The number of carboxylic acid groups (broad SMARTS) is 1. The fourth-order valence-corrected chi connectivity index (χ4v) is 4.05. The van der Waals surface area contributed by atoms with E-state index in [1.807, 2.05) is 0 Å². The largest absolute Gasteiger partial charge is 0.479 e. The first-order valence-corrected chi connectivity index (χ1v) is 13.7. The van der Waals surface area contributed by atoms with Gasteiger partial charge in [0.05, 0.1) is 11.8 Å². The second-order valence-corrected chi connectivity index (χ2v) is 9.85. The Balaban J connectivity index is 1.95. The molecule has 1 heterocycles. The Morgan fingerprint density at radius 2 is 1.90 bits per heavy atom. The van der Waals surface area contributed by atoms with Gasteiger partial charge in [-0.05, 0) is 35.9 Å². The molecular formula is C26H37N3O10S. The molecule has 4 atom stereocenters. The van der Waals surface area contributed by atoms with Crippen molar-refractivity contribution in [3.63, 3.8) is 0 Å². The highest BCUT2D eigenvalue weighted by Gasteiger charge is 2.41. The summed E-state index contributed by atoms with van der Waals surface area (Å²) in [4.78, 5) is 47.2. The SMILES string of the molecule is C=CSNCCCCCC(=O)NCCC(=O)Nc1cc(COC(C)=O)ccc1OC1OC(C(=O)O)CC(O)[C@H]1O. The van der Waals surface area contributed by atoms with Crippen LogP contribution in [0.1, 0.15) is 51.0 Å². The second-order valence-electron chi connectivity index (χ2n) is 8.99. The molecule has 0 spiro atoms. The zero-order valence-corrected chi connectivity index (χ0v) is 23.1. The van der Waals surface area contributed by atoms with E-state index in [0.717, 1.165) is 25.8 Å². The standard InChI is InChI=1S/C26H37N3O10S/c1-3-40-28-11-6-4-5-7-22(32)27-12-10-23(33)29-18-13-17(15-37-16(2)30)8-9-20(18)38-26-24(34)19(31)14-21(39-26)25(35)36/h3,8-9,13,19,21,24,26,28,31,34H,1,4-7,10-12,14-15H2,2H3,(H,27,32)(H,29,33)(H,35,36)/t19?,21?,24-,26?/m1/s1. The molecule has 13 nitrogen and oxygen atoms in total. The number of hydrogen-bond donors (Lipinski definition) is 6. The molecule has 222 valence electrons. The lowest BCUT2D eigenvalue weighted by Gasteiger charge is -2.35. The van der Waals surface area contributed by atoms with E-state index in [0.29, 0.717) is 12.0 Å². The number of anilines is 1. The monoisotopic (exact) mass is 583 g/mol. The maximum absolute atomic E-state index is 12.6. The van der Waals surface area contributed by atoms with Crippen LogP contribution in [-0.4, -0.2) is 76.8 Å². The number of carbonyl (C=O) groups excluding carboxylic acids is 3. The number of aliphatic carboxylic acids is 1. The Hall–Kier alpha value is -3.17. The van der Waals surface area contributed by atoms with Crippen molar-refractivity contribution in [1.82, 2.24) is 10.0 Å². The van der Waals surface area contributed by atoms with Crippen LogP contribution >= 0.6 is 11.9 Å².